The van der Waals surface area contributed by atoms with Crippen LogP contribution in [0.1, 0.15) is 18.9 Å². The van der Waals surface area contributed by atoms with Crippen LogP contribution < -0.4 is 4.74 Å². The molecule has 2 heteroatoms. The minimum absolute atomic E-state index is 0.462. The highest BCUT2D eigenvalue weighted by Gasteiger charge is 1.95. The molecule has 0 aliphatic heterocycles. The Bertz CT molecular complexity index is 269. The lowest BCUT2D eigenvalue weighted by atomic mass is 10.1. The van der Waals surface area contributed by atoms with E-state index in [0.717, 1.165) is 30.6 Å². The van der Waals surface area contributed by atoms with Gasteiger partial charge in [0.15, 0.2) is 0 Å². The zero-order valence-corrected chi connectivity index (χ0v) is 7.82. The fourth-order valence-corrected chi connectivity index (χ4v) is 1.08. The molecular weight excluding hydrogens is 164 g/mol. The molecule has 0 fully saturated rings. The van der Waals surface area contributed by atoms with E-state index in [-0.39, 0.29) is 0 Å². The monoisotopic (exact) mass is 178 g/mol. The summed E-state index contributed by atoms with van der Waals surface area (Å²) in [4.78, 5) is 10.3. The molecule has 0 saturated carbocycles. The van der Waals surface area contributed by atoms with Crippen molar-refractivity contribution < 1.29 is 9.53 Å². The summed E-state index contributed by atoms with van der Waals surface area (Å²) >= 11 is 0. The number of hydrogen-bond acceptors (Lipinski definition) is 2. The molecule has 0 radical (unpaired) electrons. The molecule has 0 aliphatic rings. The molecule has 0 bridgehead atoms. The van der Waals surface area contributed by atoms with Crippen LogP contribution in [0.4, 0.5) is 0 Å². The Morgan fingerprint density at radius 1 is 1.46 bits per heavy atom. The zero-order chi connectivity index (χ0) is 9.52. The van der Waals surface area contributed by atoms with Crippen molar-refractivity contribution in [3.8, 4) is 5.75 Å². The van der Waals surface area contributed by atoms with Crippen LogP contribution in [0.25, 0.3) is 0 Å². The van der Waals surface area contributed by atoms with Gasteiger partial charge in [-0.25, -0.2) is 0 Å². The molecule has 0 heterocycles. The molecule has 2 nitrogen and oxygen atoms in total. The number of carbonyl (C=O) groups excluding carboxylic acids is 1. The van der Waals surface area contributed by atoms with Gasteiger partial charge in [-0.05, 0) is 24.1 Å². The average molecular weight is 178 g/mol. The third kappa shape index (κ3) is 3.28. The molecule has 0 spiro atoms. The minimum atomic E-state index is 0.462. The zero-order valence-electron chi connectivity index (χ0n) is 7.82. The Balaban J connectivity index is 2.61. The first-order chi connectivity index (χ1) is 6.36. The Kier molecular flexibility index (Phi) is 4.03. The second-order valence-electron chi connectivity index (χ2n) is 2.87. The van der Waals surface area contributed by atoms with Crippen molar-refractivity contribution in [2.24, 2.45) is 0 Å². The first-order valence-electron chi connectivity index (χ1n) is 4.52. The van der Waals surface area contributed by atoms with Crippen molar-refractivity contribution in [2.45, 2.75) is 19.8 Å². The van der Waals surface area contributed by atoms with E-state index >= 15 is 0 Å². The molecule has 0 saturated heterocycles. The van der Waals surface area contributed by atoms with Crippen molar-refractivity contribution in [3.63, 3.8) is 0 Å². The summed E-state index contributed by atoms with van der Waals surface area (Å²) in [6, 6.07) is 7.64. The largest absolute Gasteiger partial charge is 0.494 e. The van der Waals surface area contributed by atoms with E-state index in [4.69, 9.17) is 4.74 Å². The highest BCUT2D eigenvalue weighted by atomic mass is 16.5. The Morgan fingerprint density at radius 3 is 3.00 bits per heavy atom. The fourth-order valence-electron chi connectivity index (χ4n) is 1.08. The Morgan fingerprint density at radius 2 is 2.31 bits per heavy atom. The lowest BCUT2D eigenvalue weighted by Crippen LogP contribution is -1.95. The number of carbonyl (C=O) groups is 1. The quantitative estimate of drug-likeness (QED) is 0.646. The number of benzene rings is 1. The normalized spacial score (nSPS) is 9.62. The lowest BCUT2D eigenvalue weighted by Gasteiger charge is -2.04. The molecule has 0 unspecified atom stereocenters. The van der Waals surface area contributed by atoms with Crippen LogP contribution in [0, 0.1) is 0 Å². The number of aldehydes is 1. The molecule has 0 aromatic heterocycles. The maximum absolute atomic E-state index is 10.3. The van der Waals surface area contributed by atoms with Crippen molar-refractivity contribution in [1.29, 1.82) is 0 Å². The molecule has 1 rings (SSSR count). The summed E-state index contributed by atoms with van der Waals surface area (Å²) in [6.07, 6.45) is 2.36. The van der Waals surface area contributed by atoms with E-state index in [1.165, 1.54) is 0 Å². The predicted molar refractivity (Wildman–Crippen MR) is 52.0 cm³/mol. The number of rotatable bonds is 5. The van der Waals surface area contributed by atoms with Gasteiger partial charge in [0.1, 0.15) is 12.0 Å². The number of ether oxygens (including phenoxy) is 1. The van der Waals surface area contributed by atoms with Gasteiger partial charge in [-0.15, -0.1) is 0 Å². The van der Waals surface area contributed by atoms with Crippen LogP contribution in [-0.4, -0.2) is 12.9 Å². The van der Waals surface area contributed by atoms with Crippen LogP contribution >= 0.6 is 0 Å². The van der Waals surface area contributed by atoms with E-state index in [9.17, 15) is 4.79 Å². The molecular formula is C11H14O2. The lowest BCUT2D eigenvalue weighted by molar-refractivity contribution is -0.107. The van der Waals surface area contributed by atoms with Crippen LogP contribution in [0.2, 0.25) is 0 Å². The third-order valence-corrected chi connectivity index (χ3v) is 1.69. The van der Waals surface area contributed by atoms with Gasteiger partial charge >= 0.3 is 0 Å². The van der Waals surface area contributed by atoms with Gasteiger partial charge in [-0.3, -0.25) is 0 Å². The first kappa shape index (κ1) is 9.78. The van der Waals surface area contributed by atoms with Crippen LogP contribution in [0.3, 0.4) is 0 Å². The van der Waals surface area contributed by atoms with E-state index < -0.39 is 0 Å². The molecule has 70 valence electrons. The first-order valence-corrected chi connectivity index (χ1v) is 4.52. The minimum Gasteiger partial charge on any atom is -0.494 e. The maximum Gasteiger partial charge on any atom is 0.124 e. The summed E-state index contributed by atoms with van der Waals surface area (Å²) in [5.74, 6) is 0.848. The molecule has 0 atom stereocenters. The van der Waals surface area contributed by atoms with Crippen LogP contribution in [-0.2, 0) is 11.2 Å². The summed E-state index contributed by atoms with van der Waals surface area (Å²) in [7, 11) is 0. The van der Waals surface area contributed by atoms with Crippen molar-refractivity contribution in [1.82, 2.24) is 0 Å². The van der Waals surface area contributed by atoms with Crippen molar-refractivity contribution in [3.05, 3.63) is 29.8 Å². The molecule has 1 aromatic carbocycles. The molecule has 1 aromatic rings. The van der Waals surface area contributed by atoms with Gasteiger partial charge in [-0.2, -0.15) is 0 Å². The van der Waals surface area contributed by atoms with E-state index in [0.29, 0.717) is 6.42 Å². The average Bonchev–Trinajstić information content (AvgIpc) is 2.16. The summed E-state index contributed by atoms with van der Waals surface area (Å²) in [6.45, 7) is 2.79. The predicted octanol–water partition coefficient (Wildman–Crippen LogP) is 2.22. The topological polar surface area (TPSA) is 26.3 Å². The smallest absolute Gasteiger partial charge is 0.124 e. The highest BCUT2D eigenvalue weighted by Crippen LogP contribution is 2.13. The third-order valence-electron chi connectivity index (χ3n) is 1.69. The van der Waals surface area contributed by atoms with Gasteiger partial charge in [0.2, 0.25) is 0 Å². The van der Waals surface area contributed by atoms with Gasteiger partial charge in [-0.1, -0.05) is 19.1 Å². The van der Waals surface area contributed by atoms with Gasteiger partial charge in [0.25, 0.3) is 0 Å². The maximum atomic E-state index is 10.3. The van der Waals surface area contributed by atoms with Crippen molar-refractivity contribution in [2.75, 3.05) is 6.61 Å². The number of hydrogen-bond donors (Lipinski definition) is 0. The summed E-state index contributed by atoms with van der Waals surface area (Å²) in [5, 5.41) is 0. The molecule has 0 amide bonds. The van der Waals surface area contributed by atoms with Crippen LogP contribution in [0.15, 0.2) is 24.3 Å². The van der Waals surface area contributed by atoms with E-state index in [1.54, 1.807) is 0 Å². The fraction of sp³-hybridized carbons (Fsp3) is 0.364. The van der Waals surface area contributed by atoms with Crippen LogP contribution in [0.5, 0.6) is 5.75 Å². The standard InChI is InChI=1S/C11H14O2/c1-2-8-13-11-5-3-4-10(9-11)6-7-12/h3-5,7,9H,2,6,8H2,1H3. The second-order valence-corrected chi connectivity index (χ2v) is 2.87. The van der Waals surface area contributed by atoms with Gasteiger partial charge < -0.3 is 9.53 Å². The second kappa shape index (κ2) is 5.36. The van der Waals surface area contributed by atoms with E-state index in [1.807, 2.05) is 24.3 Å². The van der Waals surface area contributed by atoms with Gasteiger partial charge in [0, 0.05) is 6.42 Å². The van der Waals surface area contributed by atoms with E-state index in [2.05, 4.69) is 6.92 Å². The SMILES string of the molecule is CCCOc1cccc(CC=O)c1. The molecule has 13 heavy (non-hydrogen) atoms. The highest BCUT2D eigenvalue weighted by molar-refractivity contribution is 5.55. The van der Waals surface area contributed by atoms with Crippen molar-refractivity contribution >= 4 is 6.29 Å². The summed E-state index contributed by atoms with van der Waals surface area (Å²) < 4.78 is 5.43. The Labute approximate surface area is 78.5 Å². The Hall–Kier alpha value is -1.31. The molecule has 0 N–H and O–H groups in total. The van der Waals surface area contributed by atoms with Gasteiger partial charge in [0.05, 0.1) is 6.61 Å². The summed E-state index contributed by atoms with van der Waals surface area (Å²) in [5.41, 5.74) is 1.00. The molecule has 0 aliphatic carbocycles.